The van der Waals surface area contributed by atoms with Gasteiger partial charge in [0.05, 0.1) is 23.9 Å². The molecule has 12 nitrogen and oxygen atoms in total. The SMILES string of the molecule is CC(C)(C)C(=N)/C=C(/NC(=O)N[C@H]1CC[C@@H](Oc2ccc3nnc(N4CCCCC4)n3c2)c2ccccc21)Nc1ccc(Cl)c(OCCCO)c1. The Bertz CT molecular complexity index is 1880. The van der Waals surface area contributed by atoms with Crippen LogP contribution < -0.4 is 30.3 Å². The molecule has 6 rings (SSSR count). The van der Waals surface area contributed by atoms with Gasteiger partial charge in [-0.1, -0.05) is 56.6 Å². The molecule has 4 aromatic rings. The molecule has 0 saturated carbocycles. The number of hydrogen-bond donors (Lipinski definition) is 5. The van der Waals surface area contributed by atoms with Gasteiger partial charge in [-0.25, -0.2) is 4.79 Å². The maximum atomic E-state index is 13.6. The zero-order chi connectivity index (χ0) is 36.0. The minimum Gasteiger partial charge on any atom is -0.492 e. The van der Waals surface area contributed by atoms with E-state index >= 15 is 0 Å². The van der Waals surface area contributed by atoms with Gasteiger partial charge in [0, 0.05) is 55.1 Å². The molecule has 2 atom stereocenters. The molecule has 2 aliphatic rings. The predicted molar refractivity (Wildman–Crippen MR) is 200 cm³/mol. The van der Waals surface area contributed by atoms with Crippen molar-refractivity contribution in [2.24, 2.45) is 5.41 Å². The van der Waals surface area contributed by atoms with E-state index in [1.54, 1.807) is 24.3 Å². The molecule has 1 fully saturated rings. The Morgan fingerprint density at radius 1 is 1.06 bits per heavy atom. The number of ether oxygens (including phenoxy) is 2. The third-order valence-electron chi connectivity index (χ3n) is 9.13. The van der Waals surface area contributed by atoms with Gasteiger partial charge >= 0.3 is 6.03 Å². The van der Waals surface area contributed by atoms with Crippen molar-refractivity contribution in [1.82, 2.24) is 25.2 Å². The van der Waals surface area contributed by atoms with Gasteiger partial charge < -0.3 is 35.5 Å². The Morgan fingerprint density at radius 3 is 2.61 bits per heavy atom. The standard InChI is InChI=1S/C38H47ClN8O4/c1-38(2,3)33(40)23-34(41-25-12-14-29(39)32(22-25)50-21-9-20-48)43-36(49)42-30-15-16-31(28-11-6-5-10-27(28)30)51-26-13-17-35-44-45-37(47(35)24-26)46-18-7-4-8-19-46/h5-6,10-14,17,22-24,30-31,40-41,48H,4,7-9,15-16,18-21H2,1-3H3,(H2,42,43,49)/b34-23+,40-33?/t30-,31+/m0/s1. The van der Waals surface area contributed by atoms with Crippen LogP contribution in [0.15, 0.2) is 72.7 Å². The number of carbonyl (C=O) groups is 1. The minimum atomic E-state index is -0.449. The first-order valence-electron chi connectivity index (χ1n) is 17.6. The number of rotatable bonds is 12. The molecule has 270 valence electrons. The number of anilines is 2. The summed E-state index contributed by atoms with van der Waals surface area (Å²) in [5.41, 5.74) is 3.29. The van der Waals surface area contributed by atoms with Gasteiger partial charge in [-0.3, -0.25) is 9.72 Å². The summed E-state index contributed by atoms with van der Waals surface area (Å²) in [5, 5.41) is 36.4. The smallest absolute Gasteiger partial charge is 0.320 e. The second-order valence-electron chi connectivity index (χ2n) is 14.0. The van der Waals surface area contributed by atoms with Gasteiger partial charge in [-0.2, -0.15) is 0 Å². The molecule has 51 heavy (non-hydrogen) atoms. The molecule has 2 amide bonds. The molecular weight excluding hydrogens is 668 g/mol. The summed E-state index contributed by atoms with van der Waals surface area (Å²) >= 11 is 6.34. The Hall–Kier alpha value is -4.81. The number of pyridine rings is 1. The second-order valence-corrected chi connectivity index (χ2v) is 14.4. The zero-order valence-corrected chi connectivity index (χ0v) is 30.2. The number of piperidine rings is 1. The van der Waals surface area contributed by atoms with Crippen LogP contribution >= 0.6 is 11.6 Å². The van der Waals surface area contributed by atoms with E-state index in [-0.39, 0.29) is 18.8 Å². The first-order chi connectivity index (χ1) is 24.6. The highest BCUT2D eigenvalue weighted by atomic mass is 35.5. The van der Waals surface area contributed by atoms with Gasteiger partial charge in [-0.05, 0) is 67.5 Å². The molecule has 13 heteroatoms. The molecule has 5 N–H and O–H groups in total. The van der Waals surface area contributed by atoms with Crippen LogP contribution in [-0.4, -0.2) is 57.8 Å². The quantitative estimate of drug-likeness (QED) is 0.0753. The normalized spacial score (nSPS) is 17.8. The molecule has 0 spiro atoms. The summed E-state index contributed by atoms with van der Waals surface area (Å²) in [6, 6.07) is 16.4. The van der Waals surface area contributed by atoms with Crippen molar-refractivity contribution >= 4 is 40.6 Å². The van der Waals surface area contributed by atoms with Crippen molar-refractivity contribution in [3.05, 3.63) is 88.8 Å². The van der Waals surface area contributed by atoms with E-state index in [1.165, 1.54) is 6.42 Å². The number of aromatic nitrogens is 3. The number of amides is 2. The van der Waals surface area contributed by atoms with Gasteiger partial charge in [-0.15, -0.1) is 10.2 Å². The van der Waals surface area contributed by atoms with E-state index in [0.717, 1.165) is 54.4 Å². The number of allylic oxidation sites excluding steroid dienone is 1. The Kier molecular flexibility index (Phi) is 11.3. The first kappa shape index (κ1) is 36.0. The van der Waals surface area contributed by atoms with Gasteiger partial charge in [0.15, 0.2) is 5.65 Å². The lowest BCUT2D eigenvalue weighted by atomic mass is 9.85. The maximum absolute atomic E-state index is 13.6. The van der Waals surface area contributed by atoms with Crippen molar-refractivity contribution in [2.75, 3.05) is 36.5 Å². The lowest BCUT2D eigenvalue weighted by molar-refractivity contribution is 0.171. The van der Waals surface area contributed by atoms with Crippen LogP contribution in [0.25, 0.3) is 5.65 Å². The largest absolute Gasteiger partial charge is 0.492 e. The average molecular weight is 715 g/mol. The lowest BCUT2D eigenvalue weighted by Crippen LogP contribution is -2.41. The van der Waals surface area contributed by atoms with Crippen molar-refractivity contribution in [1.29, 1.82) is 5.41 Å². The number of benzene rings is 2. The van der Waals surface area contributed by atoms with E-state index in [9.17, 15) is 4.79 Å². The van der Waals surface area contributed by atoms with Crippen molar-refractivity contribution in [2.45, 2.75) is 71.4 Å². The molecular formula is C38H47ClN8O4. The Morgan fingerprint density at radius 2 is 1.84 bits per heavy atom. The lowest BCUT2D eigenvalue weighted by Gasteiger charge is -2.32. The number of hydrogen-bond acceptors (Lipinski definition) is 9. The van der Waals surface area contributed by atoms with Crippen molar-refractivity contribution in [3.63, 3.8) is 0 Å². The monoisotopic (exact) mass is 714 g/mol. The fraction of sp³-hybridized carbons (Fsp3) is 0.421. The third-order valence-corrected chi connectivity index (χ3v) is 9.44. The highest BCUT2D eigenvalue weighted by molar-refractivity contribution is 6.32. The Balaban J connectivity index is 1.16. The van der Waals surface area contributed by atoms with Crippen LogP contribution in [0, 0.1) is 10.8 Å². The number of halogens is 1. The minimum absolute atomic E-state index is 0.00958. The molecule has 3 heterocycles. The number of aliphatic hydroxyl groups excluding tert-OH is 1. The number of aliphatic hydroxyl groups is 1. The molecule has 0 radical (unpaired) electrons. The molecule has 1 aliphatic carbocycles. The van der Waals surface area contributed by atoms with E-state index in [0.29, 0.717) is 53.9 Å². The summed E-state index contributed by atoms with van der Waals surface area (Å²) in [5.74, 6) is 2.35. The van der Waals surface area contributed by atoms with E-state index in [1.807, 2.05) is 61.7 Å². The van der Waals surface area contributed by atoms with Crippen LogP contribution in [0.1, 0.15) is 82.6 Å². The third kappa shape index (κ3) is 8.92. The molecule has 1 saturated heterocycles. The van der Waals surface area contributed by atoms with Gasteiger partial charge in [0.2, 0.25) is 5.95 Å². The molecule has 0 unspecified atom stereocenters. The van der Waals surface area contributed by atoms with E-state index in [2.05, 4.69) is 37.1 Å². The van der Waals surface area contributed by atoms with Crippen LogP contribution in [-0.2, 0) is 0 Å². The Labute approximate surface area is 303 Å². The van der Waals surface area contributed by atoms with E-state index < -0.39 is 11.4 Å². The number of nitrogens with zero attached hydrogens (tertiary/aromatic N) is 4. The van der Waals surface area contributed by atoms with Gasteiger partial charge in [0.25, 0.3) is 0 Å². The molecule has 2 aromatic carbocycles. The predicted octanol–water partition coefficient (Wildman–Crippen LogP) is 7.41. The number of carbonyl (C=O) groups excluding carboxylic acids is 1. The fourth-order valence-corrected chi connectivity index (χ4v) is 6.47. The highest BCUT2D eigenvalue weighted by Gasteiger charge is 2.30. The number of fused-ring (bicyclic) bond motifs is 2. The summed E-state index contributed by atoms with van der Waals surface area (Å²) < 4.78 is 14.4. The molecule has 2 aromatic heterocycles. The summed E-state index contributed by atoms with van der Waals surface area (Å²) in [4.78, 5) is 15.9. The van der Waals surface area contributed by atoms with E-state index in [4.69, 9.17) is 31.6 Å². The summed E-state index contributed by atoms with van der Waals surface area (Å²) in [6.45, 7) is 8.08. The maximum Gasteiger partial charge on any atom is 0.320 e. The topological polar surface area (TPSA) is 149 Å². The highest BCUT2D eigenvalue weighted by Crippen LogP contribution is 2.39. The van der Waals surface area contributed by atoms with Crippen molar-refractivity contribution in [3.8, 4) is 11.5 Å². The zero-order valence-electron chi connectivity index (χ0n) is 29.4. The van der Waals surface area contributed by atoms with Crippen molar-refractivity contribution < 1.29 is 19.4 Å². The van der Waals surface area contributed by atoms with Crippen LogP contribution in [0.5, 0.6) is 11.5 Å². The van der Waals surface area contributed by atoms with Gasteiger partial charge in [0.1, 0.15) is 23.4 Å². The number of urea groups is 1. The van der Waals surface area contributed by atoms with Crippen LogP contribution in [0.2, 0.25) is 5.02 Å². The van der Waals surface area contributed by atoms with Crippen LogP contribution in [0.3, 0.4) is 0 Å². The molecule has 1 aliphatic heterocycles. The summed E-state index contributed by atoms with van der Waals surface area (Å²) in [6.07, 6.45) is 8.76. The fourth-order valence-electron chi connectivity index (χ4n) is 6.30. The first-order valence-corrected chi connectivity index (χ1v) is 18.0. The average Bonchev–Trinajstić information content (AvgIpc) is 3.54. The molecule has 0 bridgehead atoms. The summed E-state index contributed by atoms with van der Waals surface area (Å²) in [7, 11) is 0. The number of nitrogens with one attached hydrogen (secondary N) is 4. The van der Waals surface area contributed by atoms with Crippen LogP contribution in [0.4, 0.5) is 16.4 Å². The second kappa shape index (κ2) is 16.0.